The van der Waals surface area contributed by atoms with Crippen LogP contribution in [0.3, 0.4) is 0 Å². The summed E-state index contributed by atoms with van der Waals surface area (Å²) in [5, 5.41) is 37.0. The lowest BCUT2D eigenvalue weighted by atomic mass is 10.1. The molecule has 0 saturated heterocycles. The van der Waals surface area contributed by atoms with Crippen LogP contribution in [0.2, 0.25) is 0 Å². The number of nitrogens with zero attached hydrogens (tertiary/aromatic N) is 2. The fourth-order valence-corrected chi connectivity index (χ4v) is 1.05. The Morgan fingerprint density at radius 3 is 2.27 bits per heavy atom. The number of aliphatic hydroxyl groups is 2. The standard InChI is InChI=1S/C9H8N2O4/c10-5-8(12)9(13)6-1-3-7(4-2-6)11(14)15/h1-4,8-9,12-13H. The normalized spacial score (nSPS) is 13.9. The van der Waals surface area contributed by atoms with E-state index in [2.05, 4.69) is 0 Å². The number of benzene rings is 1. The third-order valence-electron chi connectivity index (χ3n) is 1.88. The zero-order chi connectivity index (χ0) is 11.4. The fourth-order valence-electron chi connectivity index (χ4n) is 1.05. The number of nitro groups is 1. The van der Waals surface area contributed by atoms with Crippen molar-refractivity contribution in [3.8, 4) is 6.07 Å². The average molecular weight is 208 g/mol. The molecule has 0 aliphatic carbocycles. The molecule has 78 valence electrons. The lowest BCUT2D eigenvalue weighted by Crippen LogP contribution is -2.15. The first-order chi connectivity index (χ1) is 7.06. The fraction of sp³-hybridized carbons (Fsp3) is 0.222. The van der Waals surface area contributed by atoms with Crippen LogP contribution in [0.4, 0.5) is 5.69 Å². The van der Waals surface area contributed by atoms with Crippen molar-refractivity contribution in [2.45, 2.75) is 12.2 Å². The van der Waals surface area contributed by atoms with E-state index >= 15 is 0 Å². The molecule has 0 heterocycles. The summed E-state index contributed by atoms with van der Waals surface area (Å²) in [6.45, 7) is 0. The molecule has 0 aliphatic rings. The van der Waals surface area contributed by atoms with E-state index in [0.29, 0.717) is 0 Å². The predicted molar refractivity (Wildman–Crippen MR) is 49.7 cm³/mol. The number of rotatable bonds is 3. The molecular weight excluding hydrogens is 200 g/mol. The zero-order valence-corrected chi connectivity index (χ0v) is 7.57. The highest BCUT2D eigenvalue weighted by molar-refractivity contribution is 5.34. The Morgan fingerprint density at radius 1 is 1.33 bits per heavy atom. The third kappa shape index (κ3) is 2.49. The molecule has 2 atom stereocenters. The van der Waals surface area contributed by atoms with E-state index in [1.807, 2.05) is 0 Å². The molecule has 6 heteroatoms. The van der Waals surface area contributed by atoms with Gasteiger partial charge in [0.05, 0.1) is 11.0 Å². The highest BCUT2D eigenvalue weighted by atomic mass is 16.6. The summed E-state index contributed by atoms with van der Waals surface area (Å²) in [5.74, 6) is 0. The molecule has 0 radical (unpaired) electrons. The van der Waals surface area contributed by atoms with Crippen LogP contribution in [-0.2, 0) is 0 Å². The number of nitro benzene ring substituents is 1. The molecule has 1 aromatic rings. The van der Waals surface area contributed by atoms with Crippen molar-refractivity contribution in [1.29, 1.82) is 5.26 Å². The molecule has 0 saturated carbocycles. The van der Waals surface area contributed by atoms with Crippen LogP contribution in [0.5, 0.6) is 0 Å². The number of nitriles is 1. The molecule has 0 spiro atoms. The maximum Gasteiger partial charge on any atom is 0.269 e. The van der Waals surface area contributed by atoms with Crippen LogP contribution in [0.1, 0.15) is 11.7 Å². The van der Waals surface area contributed by atoms with Gasteiger partial charge in [0.25, 0.3) is 5.69 Å². The van der Waals surface area contributed by atoms with Crippen molar-refractivity contribution in [1.82, 2.24) is 0 Å². The smallest absolute Gasteiger partial charge is 0.269 e. The summed E-state index contributed by atoms with van der Waals surface area (Å²) in [5.41, 5.74) is 0.145. The lowest BCUT2D eigenvalue weighted by Gasteiger charge is -2.10. The van der Waals surface area contributed by atoms with Crippen molar-refractivity contribution < 1.29 is 15.1 Å². The molecule has 2 N–H and O–H groups in total. The zero-order valence-electron chi connectivity index (χ0n) is 7.57. The van der Waals surface area contributed by atoms with Gasteiger partial charge in [-0.3, -0.25) is 10.1 Å². The Balaban J connectivity index is 2.90. The van der Waals surface area contributed by atoms with E-state index in [-0.39, 0.29) is 11.3 Å². The second kappa shape index (κ2) is 4.50. The van der Waals surface area contributed by atoms with Gasteiger partial charge < -0.3 is 10.2 Å². The van der Waals surface area contributed by atoms with Gasteiger partial charge >= 0.3 is 0 Å². The molecule has 1 rings (SSSR count). The summed E-state index contributed by atoms with van der Waals surface area (Å²) >= 11 is 0. The van der Waals surface area contributed by atoms with Gasteiger partial charge in [-0.1, -0.05) is 0 Å². The van der Waals surface area contributed by atoms with Gasteiger partial charge in [0.2, 0.25) is 0 Å². The molecule has 0 fully saturated rings. The van der Waals surface area contributed by atoms with Crippen molar-refractivity contribution in [2.24, 2.45) is 0 Å². The van der Waals surface area contributed by atoms with Crippen LogP contribution in [0.25, 0.3) is 0 Å². The van der Waals surface area contributed by atoms with Gasteiger partial charge in [-0.15, -0.1) is 0 Å². The summed E-state index contributed by atoms with van der Waals surface area (Å²) in [6.07, 6.45) is -2.89. The number of non-ortho nitro benzene ring substituents is 1. The van der Waals surface area contributed by atoms with E-state index in [1.54, 1.807) is 0 Å². The second-order valence-electron chi connectivity index (χ2n) is 2.87. The minimum absolute atomic E-state index is 0.114. The van der Waals surface area contributed by atoms with Crippen molar-refractivity contribution in [3.05, 3.63) is 39.9 Å². The third-order valence-corrected chi connectivity index (χ3v) is 1.88. The largest absolute Gasteiger partial charge is 0.385 e. The summed E-state index contributed by atoms with van der Waals surface area (Å²) in [7, 11) is 0. The predicted octanol–water partition coefficient (Wildman–Crippen LogP) is 0.513. The van der Waals surface area contributed by atoms with Crippen LogP contribution in [0, 0.1) is 21.4 Å². The summed E-state index contributed by atoms with van der Waals surface area (Å²) in [4.78, 5) is 9.74. The minimum atomic E-state index is -1.54. The summed E-state index contributed by atoms with van der Waals surface area (Å²) < 4.78 is 0. The average Bonchev–Trinajstić information content (AvgIpc) is 2.27. The second-order valence-corrected chi connectivity index (χ2v) is 2.87. The Kier molecular flexibility index (Phi) is 3.33. The molecule has 6 nitrogen and oxygen atoms in total. The lowest BCUT2D eigenvalue weighted by molar-refractivity contribution is -0.384. The quantitative estimate of drug-likeness (QED) is 0.427. The number of aliphatic hydroxyl groups excluding tert-OH is 2. The monoisotopic (exact) mass is 208 g/mol. The number of hydrogen-bond acceptors (Lipinski definition) is 5. The Bertz CT molecular complexity index is 396. The van der Waals surface area contributed by atoms with Gasteiger partial charge in [0.15, 0.2) is 6.10 Å². The van der Waals surface area contributed by atoms with E-state index in [9.17, 15) is 15.2 Å². The first-order valence-electron chi connectivity index (χ1n) is 4.06. The molecule has 1 aromatic carbocycles. The van der Waals surface area contributed by atoms with Crippen LogP contribution >= 0.6 is 0 Å². The molecule has 0 aliphatic heterocycles. The van der Waals surface area contributed by atoms with Crippen LogP contribution in [-0.4, -0.2) is 21.2 Å². The van der Waals surface area contributed by atoms with Crippen LogP contribution < -0.4 is 0 Å². The molecule has 2 unspecified atom stereocenters. The van der Waals surface area contributed by atoms with Gasteiger partial charge in [-0.05, 0) is 17.7 Å². The highest BCUT2D eigenvalue weighted by Gasteiger charge is 2.18. The Morgan fingerprint density at radius 2 is 1.87 bits per heavy atom. The number of hydrogen-bond donors (Lipinski definition) is 2. The summed E-state index contributed by atoms with van der Waals surface area (Å²) in [6, 6.07) is 6.46. The SMILES string of the molecule is N#CC(O)C(O)c1ccc([N+](=O)[O-])cc1. The topological polar surface area (TPSA) is 107 Å². The minimum Gasteiger partial charge on any atom is -0.385 e. The first kappa shape index (κ1) is 11.1. The Hall–Kier alpha value is -1.97. The van der Waals surface area contributed by atoms with E-state index in [0.717, 1.165) is 0 Å². The van der Waals surface area contributed by atoms with Gasteiger partial charge in [0.1, 0.15) is 6.10 Å². The van der Waals surface area contributed by atoms with Crippen molar-refractivity contribution >= 4 is 5.69 Å². The van der Waals surface area contributed by atoms with Gasteiger partial charge in [0, 0.05) is 12.1 Å². The highest BCUT2D eigenvalue weighted by Crippen LogP contribution is 2.19. The molecule has 0 amide bonds. The van der Waals surface area contributed by atoms with Crippen molar-refractivity contribution in [3.63, 3.8) is 0 Å². The van der Waals surface area contributed by atoms with Gasteiger partial charge in [-0.25, -0.2) is 0 Å². The van der Waals surface area contributed by atoms with E-state index in [4.69, 9.17) is 10.4 Å². The Labute approximate surface area is 85.2 Å². The maximum absolute atomic E-state index is 10.3. The van der Waals surface area contributed by atoms with E-state index in [1.165, 1.54) is 30.3 Å². The molecular formula is C9H8N2O4. The van der Waals surface area contributed by atoms with Crippen LogP contribution in [0.15, 0.2) is 24.3 Å². The molecule has 0 aromatic heterocycles. The molecule has 0 bridgehead atoms. The van der Waals surface area contributed by atoms with E-state index < -0.39 is 17.1 Å². The molecule has 15 heavy (non-hydrogen) atoms. The first-order valence-corrected chi connectivity index (χ1v) is 4.06. The van der Waals surface area contributed by atoms with Crippen molar-refractivity contribution in [2.75, 3.05) is 0 Å². The van der Waals surface area contributed by atoms with Gasteiger partial charge in [-0.2, -0.15) is 5.26 Å². The maximum atomic E-state index is 10.3.